The number of sulfonamides is 1. The quantitative estimate of drug-likeness (QED) is 0.601. The van der Waals surface area contributed by atoms with Crippen LogP contribution in [-0.2, 0) is 21.2 Å². The maximum absolute atomic E-state index is 12.2. The number of hydrogen-bond acceptors (Lipinski definition) is 5. The molecule has 146 valence electrons. The number of hydrogen-bond donors (Lipinski definition) is 2. The van der Waals surface area contributed by atoms with Crippen LogP contribution >= 0.6 is 0 Å². The fraction of sp³-hybridized carbons (Fsp3) is 0.316. The van der Waals surface area contributed by atoms with Gasteiger partial charge in [0.1, 0.15) is 0 Å². The number of methoxy groups -OCH3 is 1. The van der Waals surface area contributed by atoms with Crippen LogP contribution in [0.1, 0.15) is 12.5 Å². The second-order valence-corrected chi connectivity index (χ2v) is 7.45. The molecular weight excluding hydrogens is 368 g/mol. The predicted octanol–water partition coefficient (Wildman–Crippen LogP) is 1.73. The number of amides is 1. The Kier molecular flexibility index (Phi) is 7.63. The van der Waals surface area contributed by atoms with E-state index in [1.54, 1.807) is 48.5 Å². The van der Waals surface area contributed by atoms with Crippen molar-refractivity contribution in [2.45, 2.75) is 18.2 Å². The summed E-state index contributed by atoms with van der Waals surface area (Å²) in [5, 5.41) is 2.60. The first-order chi connectivity index (χ1) is 13.0. The van der Waals surface area contributed by atoms with Crippen molar-refractivity contribution < 1.29 is 22.7 Å². The van der Waals surface area contributed by atoms with Crippen molar-refractivity contribution in [3.8, 4) is 11.5 Å². The molecule has 0 saturated heterocycles. The van der Waals surface area contributed by atoms with Crippen LogP contribution in [0.3, 0.4) is 0 Å². The van der Waals surface area contributed by atoms with Crippen LogP contribution in [0, 0.1) is 0 Å². The summed E-state index contributed by atoms with van der Waals surface area (Å²) in [7, 11) is -2.08. The summed E-state index contributed by atoms with van der Waals surface area (Å²) in [5.74, 6) is 0.644. The third kappa shape index (κ3) is 6.26. The summed E-state index contributed by atoms with van der Waals surface area (Å²) >= 11 is 0. The monoisotopic (exact) mass is 392 g/mol. The highest BCUT2D eigenvalue weighted by Crippen LogP contribution is 2.25. The molecule has 0 bridgehead atoms. The first-order valence-electron chi connectivity index (χ1n) is 8.57. The molecule has 0 fully saturated rings. The smallest absolute Gasteiger partial charge is 0.257 e. The minimum absolute atomic E-state index is 0.0816. The SMILES string of the molecule is CCc1ccc(S(=O)(=O)NCCNC(=O)COc2ccccc2OC)cc1. The van der Waals surface area contributed by atoms with E-state index >= 15 is 0 Å². The van der Waals surface area contributed by atoms with Crippen LogP contribution in [0.4, 0.5) is 0 Å². The molecule has 0 aliphatic rings. The van der Waals surface area contributed by atoms with Gasteiger partial charge in [0.15, 0.2) is 18.1 Å². The van der Waals surface area contributed by atoms with E-state index in [1.165, 1.54) is 7.11 Å². The topological polar surface area (TPSA) is 93.7 Å². The zero-order chi connectivity index (χ0) is 19.7. The van der Waals surface area contributed by atoms with Gasteiger partial charge in [-0.05, 0) is 36.2 Å². The molecule has 8 heteroatoms. The molecule has 1 amide bonds. The van der Waals surface area contributed by atoms with Gasteiger partial charge >= 0.3 is 0 Å². The molecule has 0 aliphatic carbocycles. The summed E-state index contributed by atoms with van der Waals surface area (Å²) in [6.07, 6.45) is 0.844. The first kappa shape index (κ1) is 20.7. The van der Waals surface area contributed by atoms with E-state index in [0.29, 0.717) is 11.5 Å². The van der Waals surface area contributed by atoms with E-state index in [1.807, 2.05) is 6.92 Å². The molecule has 2 aromatic rings. The van der Waals surface area contributed by atoms with E-state index in [9.17, 15) is 13.2 Å². The van der Waals surface area contributed by atoms with Crippen molar-refractivity contribution in [1.82, 2.24) is 10.0 Å². The fourth-order valence-electron chi connectivity index (χ4n) is 2.31. The van der Waals surface area contributed by atoms with Gasteiger partial charge < -0.3 is 14.8 Å². The second kappa shape index (κ2) is 9.94. The highest BCUT2D eigenvalue weighted by atomic mass is 32.2. The van der Waals surface area contributed by atoms with Crippen LogP contribution in [0.5, 0.6) is 11.5 Å². The van der Waals surface area contributed by atoms with Gasteiger partial charge in [0.2, 0.25) is 10.0 Å². The van der Waals surface area contributed by atoms with Crippen molar-refractivity contribution >= 4 is 15.9 Å². The Morgan fingerprint density at radius 3 is 2.30 bits per heavy atom. The van der Waals surface area contributed by atoms with E-state index < -0.39 is 10.0 Å². The van der Waals surface area contributed by atoms with Crippen LogP contribution < -0.4 is 19.5 Å². The van der Waals surface area contributed by atoms with E-state index in [-0.39, 0.29) is 30.5 Å². The summed E-state index contributed by atoms with van der Waals surface area (Å²) < 4.78 is 37.4. The molecule has 0 radical (unpaired) electrons. The van der Waals surface area contributed by atoms with Gasteiger partial charge in [-0.15, -0.1) is 0 Å². The van der Waals surface area contributed by atoms with Crippen molar-refractivity contribution in [3.05, 3.63) is 54.1 Å². The first-order valence-corrected chi connectivity index (χ1v) is 10.1. The third-order valence-corrected chi connectivity index (χ3v) is 5.29. The molecular formula is C19H24N2O5S. The highest BCUT2D eigenvalue weighted by Gasteiger charge is 2.13. The average molecular weight is 392 g/mol. The van der Waals surface area contributed by atoms with Gasteiger partial charge in [0.25, 0.3) is 5.91 Å². The molecule has 2 N–H and O–H groups in total. The molecule has 0 spiro atoms. The molecule has 0 aliphatic heterocycles. The van der Waals surface area contributed by atoms with E-state index in [2.05, 4.69) is 10.0 Å². The molecule has 0 saturated carbocycles. The maximum atomic E-state index is 12.2. The van der Waals surface area contributed by atoms with Gasteiger partial charge in [-0.25, -0.2) is 13.1 Å². The highest BCUT2D eigenvalue weighted by molar-refractivity contribution is 7.89. The van der Waals surface area contributed by atoms with Crippen LogP contribution in [0.15, 0.2) is 53.4 Å². The van der Waals surface area contributed by atoms with Crippen LogP contribution in [0.25, 0.3) is 0 Å². The Hall–Kier alpha value is -2.58. The number of carbonyl (C=O) groups is 1. The minimum Gasteiger partial charge on any atom is -0.493 e. The number of para-hydroxylation sites is 2. The predicted molar refractivity (Wildman–Crippen MR) is 103 cm³/mol. The summed E-state index contributed by atoms with van der Waals surface area (Å²) in [4.78, 5) is 12.0. The molecule has 0 heterocycles. The normalized spacial score (nSPS) is 11.0. The zero-order valence-corrected chi connectivity index (χ0v) is 16.2. The van der Waals surface area contributed by atoms with Gasteiger partial charge in [-0.1, -0.05) is 31.2 Å². The molecule has 7 nitrogen and oxygen atoms in total. The Morgan fingerprint density at radius 2 is 1.67 bits per heavy atom. The maximum Gasteiger partial charge on any atom is 0.257 e. The lowest BCUT2D eigenvalue weighted by Gasteiger charge is -2.11. The number of ether oxygens (including phenoxy) is 2. The molecule has 2 aromatic carbocycles. The number of nitrogens with one attached hydrogen (secondary N) is 2. The summed E-state index contributed by atoms with van der Waals surface area (Å²) in [5.41, 5.74) is 1.07. The Balaban J connectivity index is 1.74. The van der Waals surface area contributed by atoms with Crippen molar-refractivity contribution in [3.63, 3.8) is 0 Å². The molecule has 2 rings (SSSR count). The molecule has 0 unspecified atom stereocenters. The average Bonchev–Trinajstić information content (AvgIpc) is 2.70. The van der Waals surface area contributed by atoms with Crippen LogP contribution in [-0.4, -0.2) is 41.1 Å². The number of rotatable bonds is 10. The minimum atomic E-state index is -3.60. The Morgan fingerprint density at radius 1 is 1.00 bits per heavy atom. The largest absolute Gasteiger partial charge is 0.493 e. The zero-order valence-electron chi connectivity index (χ0n) is 15.4. The lowest BCUT2D eigenvalue weighted by Crippen LogP contribution is -2.36. The lowest BCUT2D eigenvalue weighted by molar-refractivity contribution is -0.123. The Bertz CT molecular complexity index is 851. The van der Waals surface area contributed by atoms with Gasteiger partial charge in [0, 0.05) is 13.1 Å². The number of carbonyl (C=O) groups excluding carboxylic acids is 1. The molecule has 0 atom stereocenters. The lowest BCUT2D eigenvalue weighted by atomic mass is 10.2. The van der Waals surface area contributed by atoms with Crippen molar-refractivity contribution in [2.24, 2.45) is 0 Å². The molecule has 0 aromatic heterocycles. The summed E-state index contributed by atoms with van der Waals surface area (Å²) in [6, 6.07) is 13.7. The van der Waals surface area contributed by atoms with Crippen molar-refractivity contribution in [1.29, 1.82) is 0 Å². The van der Waals surface area contributed by atoms with Gasteiger partial charge in [0.05, 0.1) is 12.0 Å². The van der Waals surface area contributed by atoms with E-state index in [0.717, 1.165) is 12.0 Å². The van der Waals surface area contributed by atoms with E-state index in [4.69, 9.17) is 9.47 Å². The standard InChI is InChI=1S/C19H24N2O5S/c1-3-15-8-10-16(11-9-15)27(23,24)21-13-12-20-19(22)14-26-18-7-5-4-6-17(18)25-2/h4-11,21H,3,12-14H2,1-2H3,(H,20,22). The second-order valence-electron chi connectivity index (χ2n) is 5.68. The van der Waals surface area contributed by atoms with Crippen molar-refractivity contribution in [2.75, 3.05) is 26.8 Å². The third-order valence-electron chi connectivity index (χ3n) is 3.81. The number of aryl methyl sites for hydroxylation is 1. The van der Waals surface area contributed by atoms with Gasteiger partial charge in [-0.2, -0.15) is 0 Å². The summed E-state index contributed by atoms with van der Waals surface area (Å²) in [6.45, 7) is 2.05. The Labute approximate surface area is 159 Å². The molecule has 27 heavy (non-hydrogen) atoms. The number of benzene rings is 2. The van der Waals surface area contributed by atoms with Crippen LogP contribution in [0.2, 0.25) is 0 Å². The van der Waals surface area contributed by atoms with Gasteiger partial charge in [-0.3, -0.25) is 4.79 Å². The fourth-order valence-corrected chi connectivity index (χ4v) is 3.34.